The van der Waals surface area contributed by atoms with Crippen molar-refractivity contribution in [3.63, 3.8) is 0 Å². The van der Waals surface area contributed by atoms with Crippen LogP contribution in [0.4, 0.5) is 21.5 Å². The van der Waals surface area contributed by atoms with Crippen molar-refractivity contribution in [1.82, 2.24) is 0 Å². The number of nitrogens with one attached hydrogen (secondary N) is 1. The summed E-state index contributed by atoms with van der Waals surface area (Å²) >= 11 is 0. The molecule has 3 rings (SSSR count). The molecule has 0 fully saturated rings. The summed E-state index contributed by atoms with van der Waals surface area (Å²) in [4.78, 5) is 13.7. The number of halogens is 1. The molecule has 0 saturated heterocycles. The molecule has 0 aromatic heterocycles. The van der Waals surface area contributed by atoms with Gasteiger partial charge in [-0.05, 0) is 30.3 Å². The van der Waals surface area contributed by atoms with Gasteiger partial charge in [0.15, 0.2) is 0 Å². The Kier molecular flexibility index (Phi) is 3.49. The monoisotopic (exact) mass is 296 g/mol. The van der Waals surface area contributed by atoms with E-state index in [4.69, 9.17) is 11.0 Å². The van der Waals surface area contributed by atoms with Crippen molar-refractivity contribution in [1.29, 1.82) is 5.26 Å². The Morgan fingerprint density at radius 3 is 2.86 bits per heavy atom. The van der Waals surface area contributed by atoms with Crippen LogP contribution in [-0.2, 0) is 4.79 Å². The van der Waals surface area contributed by atoms with Gasteiger partial charge in [0.05, 0.1) is 17.3 Å². The molecule has 0 aliphatic carbocycles. The molecule has 0 spiro atoms. The largest absolute Gasteiger partial charge is 0.338 e. The quantitative estimate of drug-likeness (QED) is 0.844. The standard InChI is InChI=1S/C16H13FN4O/c17-12-5-2-6-14-15(12)20-16(22)13(19)9-21(14)11-4-1-3-10(7-11)8-18/h1-7,13H,9,19H2,(H,20,22)/t13-/m0/s1. The maximum absolute atomic E-state index is 14.1. The number of anilines is 3. The van der Waals surface area contributed by atoms with Crippen molar-refractivity contribution in [2.24, 2.45) is 5.73 Å². The average Bonchev–Trinajstić information content (AvgIpc) is 2.66. The van der Waals surface area contributed by atoms with Gasteiger partial charge in [0, 0.05) is 12.2 Å². The number of carbonyl (C=O) groups is 1. The van der Waals surface area contributed by atoms with Crippen LogP contribution in [0.25, 0.3) is 0 Å². The van der Waals surface area contributed by atoms with Crippen molar-refractivity contribution in [3.05, 3.63) is 53.8 Å². The molecule has 1 aliphatic heterocycles. The molecule has 0 radical (unpaired) electrons. The van der Waals surface area contributed by atoms with Crippen molar-refractivity contribution in [2.45, 2.75) is 6.04 Å². The molecule has 3 N–H and O–H groups in total. The lowest BCUT2D eigenvalue weighted by atomic mass is 10.1. The molecule has 2 aromatic rings. The van der Waals surface area contributed by atoms with Gasteiger partial charge in [0.1, 0.15) is 17.5 Å². The first-order valence-electron chi connectivity index (χ1n) is 6.73. The van der Waals surface area contributed by atoms with Gasteiger partial charge in [-0.15, -0.1) is 0 Å². The molecule has 5 nitrogen and oxygen atoms in total. The molecule has 110 valence electrons. The first-order valence-corrected chi connectivity index (χ1v) is 6.73. The zero-order valence-electron chi connectivity index (χ0n) is 11.6. The maximum Gasteiger partial charge on any atom is 0.243 e. The van der Waals surface area contributed by atoms with Crippen LogP contribution < -0.4 is 16.0 Å². The fourth-order valence-corrected chi connectivity index (χ4v) is 2.44. The van der Waals surface area contributed by atoms with Crippen LogP contribution in [0.2, 0.25) is 0 Å². The van der Waals surface area contributed by atoms with E-state index in [1.807, 2.05) is 0 Å². The lowest BCUT2D eigenvalue weighted by Crippen LogP contribution is -2.41. The minimum atomic E-state index is -0.808. The molecule has 1 amide bonds. The van der Waals surface area contributed by atoms with Gasteiger partial charge >= 0.3 is 0 Å². The minimum Gasteiger partial charge on any atom is -0.338 e. The van der Waals surface area contributed by atoms with E-state index in [1.54, 1.807) is 41.3 Å². The Balaban J connectivity index is 2.16. The lowest BCUT2D eigenvalue weighted by molar-refractivity contribution is -0.117. The molecule has 1 atom stereocenters. The Morgan fingerprint density at radius 2 is 2.09 bits per heavy atom. The Labute approximate surface area is 126 Å². The number of rotatable bonds is 1. The number of benzene rings is 2. The number of para-hydroxylation sites is 1. The van der Waals surface area contributed by atoms with Gasteiger partial charge in [-0.2, -0.15) is 5.26 Å². The lowest BCUT2D eigenvalue weighted by Gasteiger charge is -2.25. The van der Waals surface area contributed by atoms with Crippen LogP contribution in [0.5, 0.6) is 0 Å². The molecule has 0 bridgehead atoms. The third-order valence-electron chi connectivity index (χ3n) is 3.53. The van der Waals surface area contributed by atoms with Gasteiger partial charge in [0.2, 0.25) is 5.91 Å². The predicted octanol–water partition coefficient (Wildman–Crippen LogP) is 2.11. The van der Waals surface area contributed by atoms with Crippen LogP contribution in [0.3, 0.4) is 0 Å². The zero-order valence-corrected chi connectivity index (χ0v) is 11.6. The van der Waals surface area contributed by atoms with E-state index in [2.05, 4.69) is 11.4 Å². The average molecular weight is 296 g/mol. The van der Waals surface area contributed by atoms with Crippen LogP contribution in [0.15, 0.2) is 42.5 Å². The molecule has 1 aliphatic rings. The van der Waals surface area contributed by atoms with Gasteiger partial charge in [-0.25, -0.2) is 4.39 Å². The van der Waals surface area contributed by atoms with Crippen molar-refractivity contribution >= 4 is 23.0 Å². The highest BCUT2D eigenvalue weighted by molar-refractivity contribution is 6.00. The highest BCUT2D eigenvalue weighted by Gasteiger charge is 2.28. The van der Waals surface area contributed by atoms with Crippen molar-refractivity contribution < 1.29 is 9.18 Å². The summed E-state index contributed by atoms with van der Waals surface area (Å²) in [6.07, 6.45) is 0. The molecule has 22 heavy (non-hydrogen) atoms. The van der Waals surface area contributed by atoms with Crippen LogP contribution in [0.1, 0.15) is 5.56 Å². The van der Waals surface area contributed by atoms with Crippen LogP contribution in [-0.4, -0.2) is 18.5 Å². The molecule has 6 heteroatoms. The number of hydrogen-bond acceptors (Lipinski definition) is 4. The second kappa shape index (κ2) is 5.47. The number of nitrogens with two attached hydrogens (primary N) is 1. The second-order valence-electron chi connectivity index (χ2n) is 5.00. The zero-order chi connectivity index (χ0) is 15.7. The highest BCUT2D eigenvalue weighted by Crippen LogP contribution is 2.36. The van der Waals surface area contributed by atoms with Gasteiger partial charge in [0.25, 0.3) is 0 Å². The van der Waals surface area contributed by atoms with E-state index in [0.29, 0.717) is 16.9 Å². The number of hydrogen-bond donors (Lipinski definition) is 2. The number of carbonyl (C=O) groups excluding carboxylic acids is 1. The first kappa shape index (κ1) is 14.0. The normalized spacial score (nSPS) is 17.2. The predicted molar refractivity (Wildman–Crippen MR) is 81.2 cm³/mol. The first-order chi connectivity index (χ1) is 10.6. The Bertz CT molecular complexity index is 784. The van der Waals surface area contributed by atoms with E-state index in [-0.39, 0.29) is 12.2 Å². The summed E-state index contributed by atoms with van der Waals surface area (Å²) in [6, 6.07) is 12.7. The summed E-state index contributed by atoms with van der Waals surface area (Å²) in [6.45, 7) is 0.192. The second-order valence-corrected chi connectivity index (χ2v) is 5.00. The molecular weight excluding hydrogens is 283 g/mol. The van der Waals surface area contributed by atoms with Crippen molar-refractivity contribution in [2.75, 3.05) is 16.8 Å². The number of amides is 1. The van der Waals surface area contributed by atoms with E-state index in [1.165, 1.54) is 6.07 Å². The summed E-state index contributed by atoms with van der Waals surface area (Å²) in [7, 11) is 0. The Hall–Kier alpha value is -2.91. The fraction of sp³-hybridized carbons (Fsp3) is 0.125. The van der Waals surface area contributed by atoms with E-state index >= 15 is 0 Å². The Morgan fingerprint density at radius 1 is 1.32 bits per heavy atom. The highest BCUT2D eigenvalue weighted by atomic mass is 19.1. The summed E-state index contributed by atoms with van der Waals surface area (Å²) in [5.41, 5.74) is 7.63. The number of fused-ring (bicyclic) bond motifs is 1. The van der Waals surface area contributed by atoms with Crippen LogP contribution >= 0.6 is 0 Å². The fourth-order valence-electron chi connectivity index (χ4n) is 2.44. The van der Waals surface area contributed by atoms with Gasteiger partial charge in [-0.3, -0.25) is 4.79 Å². The van der Waals surface area contributed by atoms with Gasteiger partial charge in [-0.1, -0.05) is 12.1 Å². The van der Waals surface area contributed by atoms with E-state index in [9.17, 15) is 9.18 Å². The minimum absolute atomic E-state index is 0.0998. The van der Waals surface area contributed by atoms with Crippen molar-refractivity contribution in [3.8, 4) is 6.07 Å². The topological polar surface area (TPSA) is 82.2 Å². The summed E-state index contributed by atoms with van der Waals surface area (Å²) < 4.78 is 14.1. The molecule has 0 unspecified atom stereocenters. The molecule has 2 aromatic carbocycles. The van der Waals surface area contributed by atoms with E-state index < -0.39 is 17.8 Å². The summed E-state index contributed by atoms with van der Waals surface area (Å²) in [5.74, 6) is -0.966. The molecule has 1 heterocycles. The number of nitrogens with zero attached hydrogens (tertiary/aromatic N) is 2. The third-order valence-corrected chi connectivity index (χ3v) is 3.53. The smallest absolute Gasteiger partial charge is 0.243 e. The SMILES string of the molecule is N#Cc1cccc(N2C[C@H](N)C(=O)Nc3c(F)cccc32)c1. The molecular formula is C16H13FN4O. The number of nitriles is 1. The third kappa shape index (κ3) is 2.38. The maximum atomic E-state index is 14.1. The van der Waals surface area contributed by atoms with Gasteiger partial charge < -0.3 is 16.0 Å². The summed E-state index contributed by atoms with van der Waals surface area (Å²) in [5, 5.41) is 11.6. The van der Waals surface area contributed by atoms with Crippen LogP contribution in [0, 0.1) is 17.1 Å². The van der Waals surface area contributed by atoms with E-state index in [0.717, 1.165) is 0 Å². The molecule has 0 saturated carbocycles.